The van der Waals surface area contributed by atoms with Gasteiger partial charge in [-0.3, -0.25) is 4.99 Å². The number of aliphatic imine (C=N–C) groups is 1. The number of rotatable bonds is 9. The molecule has 0 amide bonds. The van der Waals surface area contributed by atoms with Crippen LogP contribution in [0.2, 0.25) is 0 Å². The number of aryl methyl sites for hydroxylation is 1. The van der Waals surface area contributed by atoms with Gasteiger partial charge in [-0.15, -0.1) is 0 Å². The van der Waals surface area contributed by atoms with E-state index in [1.54, 1.807) is 27.0 Å². The van der Waals surface area contributed by atoms with Crippen LogP contribution in [0.5, 0.6) is 0 Å². The Morgan fingerprint density at radius 1 is 1.07 bits per heavy atom. The number of hydrogen-bond donors (Lipinski definition) is 3. The highest BCUT2D eigenvalue weighted by Crippen LogP contribution is 2.10. The van der Waals surface area contributed by atoms with E-state index < -0.39 is 10.0 Å². The van der Waals surface area contributed by atoms with Crippen molar-refractivity contribution in [3.63, 3.8) is 0 Å². The van der Waals surface area contributed by atoms with Gasteiger partial charge in [0.2, 0.25) is 10.0 Å². The number of nitrogens with one attached hydrogen (secondary N) is 3. The maximum absolute atomic E-state index is 13.2. The van der Waals surface area contributed by atoms with E-state index >= 15 is 0 Å². The zero-order chi connectivity index (χ0) is 22.1. The zero-order valence-corrected chi connectivity index (χ0v) is 18.8. The van der Waals surface area contributed by atoms with Gasteiger partial charge < -0.3 is 10.6 Å². The van der Waals surface area contributed by atoms with Crippen molar-refractivity contribution in [2.24, 2.45) is 4.99 Å². The molecular weight excluding hydrogens is 403 g/mol. The van der Waals surface area contributed by atoms with Crippen molar-refractivity contribution in [3.05, 3.63) is 70.5 Å². The number of benzene rings is 2. The number of hydrogen-bond acceptors (Lipinski definition) is 3. The first-order valence-corrected chi connectivity index (χ1v) is 11.6. The minimum atomic E-state index is -3.33. The number of guanidine groups is 1. The van der Waals surface area contributed by atoms with E-state index in [4.69, 9.17) is 0 Å². The molecule has 8 heteroatoms. The fraction of sp³-hybridized carbons (Fsp3) is 0.409. The fourth-order valence-corrected chi connectivity index (χ4v) is 4.47. The van der Waals surface area contributed by atoms with E-state index in [1.807, 2.05) is 31.2 Å². The second-order valence-electron chi connectivity index (χ2n) is 7.52. The molecule has 0 saturated heterocycles. The van der Waals surface area contributed by atoms with Crippen LogP contribution in [0.1, 0.15) is 36.1 Å². The van der Waals surface area contributed by atoms with Crippen LogP contribution < -0.4 is 15.4 Å². The molecule has 0 aliphatic carbocycles. The Labute approximate surface area is 179 Å². The van der Waals surface area contributed by atoms with Crippen molar-refractivity contribution >= 4 is 16.0 Å². The molecule has 0 fully saturated rings. The van der Waals surface area contributed by atoms with Gasteiger partial charge in [0.15, 0.2) is 5.96 Å². The van der Waals surface area contributed by atoms with Crippen LogP contribution in [0, 0.1) is 12.7 Å². The van der Waals surface area contributed by atoms with Crippen molar-refractivity contribution in [3.8, 4) is 0 Å². The van der Waals surface area contributed by atoms with Gasteiger partial charge in [-0.05, 0) is 61.6 Å². The van der Waals surface area contributed by atoms with Crippen molar-refractivity contribution in [2.45, 2.75) is 45.5 Å². The van der Waals surface area contributed by atoms with Crippen LogP contribution >= 0.6 is 0 Å². The Kier molecular flexibility index (Phi) is 8.80. The molecule has 3 N–H and O–H groups in total. The molecule has 0 aromatic heterocycles. The highest BCUT2D eigenvalue weighted by atomic mass is 32.2. The molecule has 0 unspecified atom stereocenters. The molecule has 2 rings (SSSR count). The summed E-state index contributed by atoms with van der Waals surface area (Å²) in [6.45, 7) is 6.74. The average Bonchev–Trinajstić information content (AvgIpc) is 2.66. The van der Waals surface area contributed by atoms with Gasteiger partial charge in [-0.2, -0.15) is 0 Å². The van der Waals surface area contributed by atoms with E-state index in [9.17, 15) is 12.8 Å². The van der Waals surface area contributed by atoms with Gasteiger partial charge >= 0.3 is 0 Å². The SMILES string of the molecule is CN=C(NCCc1ccc(F)cc1C)NCc1ccc(CS(=O)(=O)NC(C)C)cc1. The van der Waals surface area contributed by atoms with Gasteiger partial charge in [-0.1, -0.05) is 30.3 Å². The molecule has 6 nitrogen and oxygen atoms in total. The third-order valence-corrected chi connectivity index (χ3v) is 6.01. The Hall–Kier alpha value is -2.45. The summed E-state index contributed by atoms with van der Waals surface area (Å²) in [7, 11) is -1.63. The Bertz CT molecular complexity index is 958. The molecule has 2 aromatic carbocycles. The van der Waals surface area contributed by atoms with E-state index in [0.717, 1.165) is 28.7 Å². The lowest BCUT2D eigenvalue weighted by Gasteiger charge is -2.13. The minimum absolute atomic E-state index is 0.0368. The summed E-state index contributed by atoms with van der Waals surface area (Å²) in [6.07, 6.45) is 0.764. The molecule has 0 saturated carbocycles. The molecule has 0 radical (unpaired) electrons. The summed E-state index contributed by atoms with van der Waals surface area (Å²) < 4.78 is 39.8. The normalized spacial score (nSPS) is 12.3. The number of nitrogens with zero attached hydrogens (tertiary/aromatic N) is 1. The van der Waals surface area contributed by atoms with Gasteiger partial charge in [0.05, 0.1) is 5.75 Å². The molecule has 2 aromatic rings. The second kappa shape index (κ2) is 11.1. The van der Waals surface area contributed by atoms with Crippen LogP contribution in [0.3, 0.4) is 0 Å². The first kappa shape index (κ1) is 23.8. The lowest BCUT2D eigenvalue weighted by molar-refractivity contribution is 0.569. The third kappa shape index (κ3) is 8.12. The summed E-state index contributed by atoms with van der Waals surface area (Å²) in [6, 6.07) is 12.2. The van der Waals surface area contributed by atoms with Crippen LogP contribution in [0.4, 0.5) is 4.39 Å². The number of halogens is 1. The summed E-state index contributed by atoms with van der Waals surface area (Å²) in [4.78, 5) is 4.21. The van der Waals surface area contributed by atoms with Crippen molar-refractivity contribution < 1.29 is 12.8 Å². The molecule has 0 aliphatic rings. The first-order chi connectivity index (χ1) is 14.2. The Morgan fingerprint density at radius 2 is 1.73 bits per heavy atom. The molecule has 0 heterocycles. The molecule has 0 aliphatic heterocycles. The molecular formula is C22H31FN4O2S. The summed E-state index contributed by atoms with van der Waals surface area (Å²) in [5.41, 5.74) is 3.79. The highest BCUT2D eigenvalue weighted by molar-refractivity contribution is 7.88. The predicted molar refractivity (Wildman–Crippen MR) is 120 cm³/mol. The number of sulfonamides is 1. The molecule has 0 atom stereocenters. The monoisotopic (exact) mass is 434 g/mol. The topological polar surface area (TPSA) is 82.6 Å². The standard InChI is InChI=1S/C22H31FN4O2S/c1-16(2)27-30(28,29)15-19-7-5-18(6-8-19)14-26-22(24-4)25-12-11-20-9-10-21(23)13-17(20)3/h5-10,13,16,27H,11-12,14-15H2,1-4H3,(H2,24,25,26). The van der Waals surface area contributed by atoms with E-state index in [2.05, 4.69) is 20.3 Å². The highest BCUT2D eigenvalue weighted by Gasteiger charge is 2.12. The molecule has 30 heavy (non-hydrogen) atoms. The summed E-state index contributed by atoms with van der Waals surface area (Å²) in [5.74, 6) is 0.411. The van der Waals surface area contributed by atoms with E-state index in [1.165, 1.54) is 12.1 Å². The van der Waals surface area contributed by atoms with Crippen LogP contribution in [-0.2, 0) is 28.7 Å². The summed E-state index contributed by atoms with van der Waals surface area (Å²) >= 11 is 0. The quantitative estimate of drug-likeness (QED) is 0.419. The maximum atomic E-state index is 13.2. The average molecular weight is 435 g/mol. The van der Waals surface area contributed by atoms with Crippen LogP contribution in [-0.4, -0.2) is 34.0 Å². The Morgan fingerprint density at radius 3 is 2.33 bits per heavy atom. The minimum Gasteiger partial charge on any atom is -0.356 e. The van der Waals surface area contributed by atoms with E-state index in [-0.39, 0.29) is 17.6 Å². The summed E-state index contributed by atoms with van der Waals surface area (Å²) in [5, 5.41) is 6.49. The van der Waals surface area contributed by atoms with Crippen molar-refractivity contribution in [2.75, 3.05) is 13.6 Å². The predicted octanol–water partition coefficient (Wildman–Crippen LogP) is 2.87. The fourth-order valence-electron chi connectivity index (χ4n) is 3.04. The van der Waals surface area contributed by atoms with Gasteiger partial charge in [-0.25, -0.2) is 17.5 Å². The lowest BCUT2D eigenvalue weighted by atomic mass is 10.1. The van der Waals surface area contributed by atoms with Gasteiger partial charge in [0.25, 0.3) is 0 Å². The Balaban J connectivity index is 1.82. The van der Waals surface area contributed by atoms with Crippen molar-refractivity contribution in [1.29, 1.82) is 0 Å². The molecule has 0 spiro atoms. The van der Waals surface area contributed by atoms with Crippen LogP contribution in [0.15, 0.2) is 47.5 Å². The van der Waals surface area contributed by atoms with Gasteiger partial charge in [0.1, 0.15) is 5.82 Å². The van der Waals surface area contributed by atoms with Crippen LogP contribution in [0.25, 0.3) is 0 Å². The van der Waals surface area contributed by atoms with E-state index in [0.29, 0.717) is 19.0 Å². The largest absolute Gasteiger partial charge is 0.356 e. The first-order valence-electron chi connectivity index (χ1n) is 9.96. The van der Waals surface area contributed by atoms with Crippen molar-refractivity contribution in [1.82, 2.24) is 15.4 Å². The smallest absolute Gasteiger partial charge is 0.216 e. The maximum Gasteiger partial charge on any atom is 0.216 e. The third-order valence-electron chi connectivity index (χ3n) is 4.47. The zero-order valence-electron chi connectivity index (χ0n) is 18.0. The molecule has 164 valence electrons. The lowest BCUT2D eigenvalue weighted by Crippen LogP contribution is -2.37. The van der Waals surface area contributed by atoms with Gasteiger partial charge in [0, 0.05) is 26.2 Å². The molecule has 0 bridgehead atoms. The second-order valence-corrected chi connectivity index (χ2v) is 9.28.